The Kier molecular flexibility index (Phi) is 3.96. The summed E-state index contributed by atoms with van der Waals surface area (Å²) in [6.07, 6.45) is 0. The standard InChI is InChI=1S/C19H19NO2/c1-13(2)14-7-9-15(10-8-14)19(21)20-12-17-11-16-5-3-4-6-18(16)22-17/h3-11,13H,12H2,1-2H3,(H,20,21). The lowest BCUT2D eigenvalue weighted by Crippen LogP contribution is -2.22. The van der Waals surface area contributed by atoms with Crippen LogP contribution in [0.3, 0.4) is 0 Å². The molecule has 0 aliphatic carbocycles. The van der Waals surface area contributed by atoms with Crippen molar-refractivity contribution in [3.05, 3.63) is 71.5 Å². The second kappa shape index (κ2) is 6.06. The van der Waals surface area contributed by atoms with Gasteiger partial charge in [-0.2, -0.15) is 0 Å². The Bertz CT molecular complexity index is 752. The van der Waals surface area contributed by atoms with Gasteiger partial charge in [-0.3, -0.25) is 4.79 Å². The summed E-state index contributed by atoms with van der Waals surface area (Å²) in [4.78, 5) is 12.2. The Labute approximate surface area is 130 Å². The topological polar surface area (TPSA) is 42.2 Å². The Hall–Kier alpha value is -2.55. The van der Waals surface area contributed by atoms with E-state index in [1.54, 1.807) is 0 Å². The molecule has 0 bridgehead atoms. The third-order valence-corrected chi connectivity index (χ3v) is 3.74. The molecule has 3 nitrogen and oxygen atoms in total. The second-order valence-corrected chi connectivity index (χ2v) is 5.71. The van der Waals surface area contributed by atoms with Crippen molar-refractivity contribution in [3.63, 3.8) is 0 Å². The minimum Gasteiger partial charge on any atom is -0.459 e. The Morgan fingerprint density at radius 1 is 1.09 bits per heavy atom. The van der Waals surface area contributed by atoms with Gasteiger partial charge in [-0.1, -0.05) is 44.2 Å². The van der Waals surface area contributed by atoms with E-state index in [2.05, 4.69) is 19.2 Å². The zero-order valence-electron chi connectivity index (χ0n) is 12.8. The largest absolute Gasteiger partial charge is 0.459 e. The third-order valence-electron chi connectivity index (χ3n) is 3.74. The van der Waals surface area contributed by atoms with Crippen LogP contribution in [-0.2, 0) is 6.54 Å². The van der Waals surface area contributed by atoms with Crippen molar-refractivity contribution in [2.45, 2.75) is 26.3 Å². The van der Waals surface area contributed by atoms with Gasteiger partial charge in [-0.15, -0.1) is 0 Å². The summed E-state index contributed by atoms with van der Waals surface area (Å²) < 4.78 is 5.69. The van der Waals surface area contributed by atoms with Crippen molar-refractivity contribution in [3.8, 4) is 0 Å². The average molecular weight is 293 g/mol. The van der Waals surface area contributed by atoms with E-state index in [0.717, 1.165) is 16.7 Å². The monoisotopic (exact) mass is 293 g/mol. The SMILES string of the molecule is CC(C)c1ccc(C(=O)NCc2cc3ccccc3o2)cc1. The number of amides is 1. The minimum atomic E-state index is -0.0873. The fourth-order valence-electron chi connectivity index (χ4n) is 2.41. The molecule has 0 saturated heterocycles. The number of rotatable bonds is 4. The van der Waals surface area contributed by atoms with Crippen LogP contribution in [0.4, 0.5) is 0 Å². The van der Waals surface area contributed by atoms with Gasteiger partial charge in [-0.05, 0) is 35.7 Å². The van der Waals surface area contributed by atoms with E-state index in [-0.39, 0.29) is 5.91 Å². The molecule has 22 heavy (non-hydrogen) atoms. The molecule has 1 heterocycles. The molecular formula is C19H19NO2. The van der Waals surface area contributed by atoms with Crippen molar-refractivity contribution in [1.82, 2.24) is 5.32 Å². The summed E-state index contributed by atoms with van der Waals surface area (Å²) in [5.41, 5.74) is 2.74. The number of carbonyl (C=O) groups is 1. The number of hydrogen-bond donors (Lipinski definition) is 1. The fourth-order valence-corrected chi connectivity index (χ4v) is 2.41. The Balaban J connectivity index is 1.66. The quantitative estimate of drug-likeness (QED) is 0.770. The predicted octanol–water partition coefficient (Wildman–Crippen LogP) is 4.49. The van der Waals surface area contributed by atoms with Gasteiger partial charge in [0.2, 0.25) is 0 Å². The van der Waals surface area contributed by atoms with Gasteiger partial charge in [-0.25, -0.2) is 0 Å². The minimum absolute atomic E-state index is 0.0873. The summed E-state index contributed by atoms with van der Waals surface area (Å²) in [7, 11) is 0. The van der Waals surface area contributed by atoms with Crippen LogP contribution in [-0.4, -0.2) is 5.91 Å². The summed E-state index contributed by atoms with van der Waals surface area (Å²) in [6, 6.07) is 17.5. The number of furan rings is 1. The van der Waals surface area contributed by atoms with Crippen LogP contribution in [0.2, 0.25) is 0 Å². The predicted molar refractivity (Wildman–Crippen MR) is 87.9 cm³/mol. The van der Waals surface area contributed by atoms with Crippen molar-refractivity contribution < 1.29 is 9.21 Å². The van der Waals surface area contributed by atoms with Gasteiger partial charge in [0, 0.05) is 10.9 Å². The molecule has 0 fully saturated rings. The smallest absolute Gasteiger partial charge is 0.251 e. The summed E-state index contributed by atoms with van der Waals surface area (Å²) in [5.74, 6) is 1.14. The van der Waals surface area contributed by atoms with Crippen LogP contribution in [0.25, 0.3) is 11.0 Å². The van der Waals surface area contributed by atoms with E-state index in [9.17, 15) is 4.79 Å². The molecule has 112 valence electrons. The van der Waals surface area contributed by atoms with Crippen molar-refractivity contribution in [1.29, 1.82) is 0 Å². The van der Waals surface area contributed by atoms with Crippen molar-refractivity contribution >= 4 is 16.9 Å². The Morgan fingerprint density at radius 2 is 1.82 bits per heavy atom. The number of fused-ring (bicyclic) bond motifs is 1. The molecule has 3 aromatic rings. The maximum absolute atomic E-state index is 12.2. The maximum atomic E-state index is 12.2. The lowest BCUT2D eigenvalue weighted by Gasteiger charge is -2.07. The molecule has 1 aromatic heterocycles. The summed E-state index contributed by atoms with van der Waals surface area (Å²) in [6.45, 7) is 4.66. The Morgan fingerprint density at radius 3 is 2.50 bits per heavy atom. The molecule has 3 rings (SSSR count). The van der Waals surface area contributed by atoms with Gasteiger partial charge in [0.1, 0.15) is 11.3 Å². The van der Waals surface area contributed by atoms with Crippen LogP contribution >= 0.6 is 0 Å². The molecule has 0 saturated carbocycles. The van der Waals surface area contributed by atoms with Crippen molar-refractivity contribution in [2.75, 3.05) is 0 Å². The molecule has 0 spiro atoms. The second-order valence-electron chi connectivity index (χ2n) is 5.71. The highest BCUT2D eigenvalue weighted by atomic mass is 16.3. The number of nitrogens with one attached hydrogen (secondary N) is 1. The normalized spacial score (nSPS) is 11.0. The highest BCUT2D eigenvalue weighted by Gasteiger charge is 2.08. The van der Waals surface area contributed by atoms with Gasteiger partial charge in [0.15, 0.2) is 0 Å². The van der Waals surface area contributed by atoms with E-state index in [1.807, 2.05) is 54.6 Å². The first kappa shape index (κ1) is 14.4. The molecule has 0 atom stereocenters. The molecule has 1 N–H and O–H groups in total. The van der Waals surface area contributed by atoms with Gasteiger partial charge in [0.25, 0.3) is 5.91 Å². The first-order valence-corrected chi connectivity index (χ1v) is 7.49. The lowest BCUT2D eigenvalue weighted by molar-refractivity contribution is 0.0948. The molecule has 1 amide bonds. The number of carbonyl (C=O) groups excluding carboxylic acids is 1. The molecule has 0 aliphatic rings. The fraction of sp³-hybridized carbons (Fsp3) is 0.211. The highest BCUT2D eigenvalue weighted by molar-refractivity contribution is 5.94. The molecule has 3 heteroatoms. The summed E-state index contributed by atoms with van der Waals surface area (Å²) >= 11 is 0. The number of hydrogen-bond acceptors (Lipinski definition) is 2. The molecule has 0 aliphatic heterocycles. The molecule has 2 aromatic carbocycles. The van der Waals surface area contributed by atoms with Gasteiger partial charge in [0.05, 0.1) is 6.54 Å². The summed E-state index contributed by atoms with van der Waals surface area (Å²) in [5, 5.41) is 3.94. The number of para-hydroxylation sites is 1. The lowest BCUT2D eigenvalue weighted by atomic mass is 10.0. The molecule has 0 radical (unpaired) electrons. The van der Waals surface area contributed by atoms with E-state index in [4.69, 9.17) is 4.42 Å². The zero-order chi connectivity index (χ0) is 15.5. The van der Waals surface area contributed by atoms with E-state index >= 15 is 0 Å². The molecule has 0 unspecified atom stereocenters. The van der Waals surface area contributed by atoms with Gasteiger partial charge < -0.3 is 9.73 Å². The van der Waals surface area contributed by atoms with Crippen molar-refractivity contribution in [2.24, 2.45) is 0 Å². The van der Waals surface area contributed by atoms with Crippen LogP contribution < -0.4 is 5.32 Å². The van der Waals surface area contributed by atoms with E-state index in [0.29, 0.717) is 18.0 Å². The third kappa shape index (κ3) is 3.03. The maximum Gasteiger partial charge on any atom is 0.251 e. The van der Waals surface area contributed by atoms with Crippen LogP contribution in [0, 0.1) is 0 Å². The average Bonchev–Trinajstić information content (AvgIpc) is 2.95. The molecular weight excluding hydrogens is 274 g/mol. The first-order chi connectivity index (χ1) is 10.6. The highest BCUT2D eigenvalue weighted by Crippen LogP contribution is 2.19. The first-order valence-electron chi connectivity index (χ1n) is 7.49. The zero-order valence-corrected chi connectivity index (χ0v) is 12.8. The van der Waals surface area contributed by atoms with Gasteiger partial charge >= 0.3 is 0 Å². The van der Waals surface area contributed by atoms with E-state index < -0.39 is 0 Å². The van der Waals surface area contributed by atoms with Crippen LogP contribution in [0.15, 0.2) is 59.0 Å². The number of benzene rings is 2. The van der Waals surface area contributed by atoms with E-state index in [1.165, 1.54) is 5.56 Å². The van der Waals surface area contributed by atoms with Crippen LogP contribution in [0.5, 0.6) is 0 Å². The van der Waals surface area contributed by atoms with Crippen LogP contribution in [0.1, 0.15) is 41.4 Å².